The van der Waals surface area contributed by atoms with Crippen molar-refractivity contribution >= 4 is 33.7 Å². The van der Waals surface area contributed by atoms with Crippen LogP contribution < -0.4 is 0 Å². The van der Waals surface area contributed by atoms with Crippen LogP contribution in [0.25, 0.3) is 32.2 Å². The van der Waals surface area contributed by atoms with Crippen molar-refractivity contribution in [3.8, 4) is 21.1 Å². The summed E-state index contributed by atoms with van der Waals surface area (Å²) in [6.45, 7) is 4.53. The molecule has 0 spiro atoms. The van der Waals surface area contributed by atoms with Gasteiger partial charge in [-0.25, -0.2) is 9.97 Å². The van der Waals surface area contributed by atoms with E-state index in [1.54, 1.807) is 0 Å². The lowest BCUT2D eigenvalue weighted by atomic mass is 10.1. The first-order chi connectivity index (χ1) is 15.8. The molecule has 0 radical (unpaired) electrons. The predicted octanol–water partition coefficient (Wildman–Crippen LogP) is 9.33. The molecule has 4 heteroatoms. The van der Waals surface area contributed by atoms with Crippen molar-refractivity contribution < 1.29 is 0 Å². The second kappa shape index (κ2) is 11.7. The summed E-state index contributed by atoms with van der Waals surface area (Å²) < 4.78 is 0. The molecule has 4 aromatic rings. The third kappa shape index (κ3) is 5.65. The molecule has 0 atom stereocenters. The molecule has 0 aliphatic rings. The number of thiophene rings is 2. The largest absolute Gasteiger partial charge is 0.245 e. The van der Waals surface area contributed by atoms with E-state index in [4.69, 9.17) is 9.97 Å². The SMILES string of the molecule is CCCCCCc1ccsc1-c1ccc2nc(-c3sccc3CCCCCC)ccc2n1. The minimum atomic E-state index is 0.984. The maximum Gasteiger partial charge on any atom is 0.0895 e. The summed E-state index contributed by atoms with van der Waals surface area (Å²) in [6, 6.07) is 13.2. The number of fused-ring (bicyclic) bond motifs is 1. The van der Waals surface area contributed by atoms with Gasteiger partial charge in [-0.15, -0.1) is 22.7 Å². The smallest absolute Gasteiger partial charge is 0.0895 e. The third-order valence-electron chi connectivity index (χ3n) is 6.10. The van der Waals surface area contributed by atoms with E-state index in [2.05, 4.69) is 61.0 Å². The Morgan fingerprint density at radius 2 is 1.03 bits per heavy atom. The molecule has 0 unspecified atom stereocenters. The van der Waals surface area contributed by atoms with E-state index in [1.807, 2.05) is 22.7 Å². The fourth-order valence-corrected chi connectivity index (χ4v) is 6.11. The van der Waals surface area contributed by atoms with Gasteiger partial charge in [0.2, 0.25) is 0 Å². The van der Waals surface area contributed by atoms with Crippen LogP contribution in [0.2, 0.25) is 0 Å². The van der Waals surface area contributed by atoms with Crippen LogP contribution in [0, 0.1) is 0 Å². The summed E-state index contributed by atoms with van der Waals surface area (Å²) in [6.07, 6.45) is 12.7. The molecule has 0 aliphatic carbocycles. The minimum absolute atomic E-state index is 0.984. The number of hydrogen-bond acceptors (Lipinski definition) is 4. The Morgan fingerprint density at radius 3 is 1.47 bits per heavy atom. The molecule has 0 saturated carbocycles. The molecule has 2 nitrogen and oxygen atoms in total. The Kier molecular flexibility index (Phi) is 8.47. The second-order valence-electron chi connectivity index (χ2n) is 8.60. The zero-order valence-electron chi connectivity index (χ0n) is 19.4. The van der Waals surface area contributed by atoms with Crippen molar-refractivity contribution in [2.45, 2.75) is 78.1 Å². The van der Waals surface area contributed by atoms with Crippen LogP contribution in [-0.4, -0.2) is 9.97 Å². The van der Waals surface area contributed by atoms with Gasteiger partial charge in [0.05, 0.1) is 32.2 Å². The normalized spacial score (nSPS) is 11.4. The molecule has 0 saturated heterocycles. The maximum absolute atomic E-state index is 4.99. The fraction of sp³-hybridized carbons (Fsp3) is 0.429. The third-order valence-corrected chi connectivity index (χ3v) is 8.06. The van der Waals surface area contributed by atoms with E-state index in [9.17, 15) is 0 Å². The highest BCUT2D eigenvalue weighted by Crippen LogP contribution is 2.33. The van der Waals surface area contributed by atoms with Gasteiger partial charge in [-0.3, -0.25) is 0 Å². The summed E-state index contributed by atoms with van der Waals surface area (Å²) in [4.78, 5) is 12.6. The van der Waals surface area contributed by atoms with E-state index in [0.29, 0.717) is 0 Å². The predicted molar refractivity (Wildman–Crippen MR) is 142 cm³/mol. The first-order valence-electron chi connectivity index (χ1n) is 12.2. The van der Waals surface area contributed by atoms with Crippen LogP contribution >= 0.6 is 22.7 Å². The molecule has 0 bridgehead atoms. The van der Waals surface area contributed by atoms with Crippen molar-refractivity contribution in [1.29, 1.82) is 0 Å². The zero-order chi connectivity index (χ0) is 22.2. The molecule has 168 valence electrons. The Labute approximate surface area is 200 Å². The van der Waals surface area contributed by atoms with Crippen LogP contribution in [0.1, 0.15) is 76.3 Å². The summed E-state index contributed by atoms with van der Waals surface area (Å²) >= 11 is 3.62. The van der Waals surface area contributed by atoms with E-state index < -0.39 is 0 Å². The van der Waals surface area contributed by atoms with E-state index in [0.717, 1.165) is 35.3 Å². The molecular weight excluding hydrogens is 428 g/mol. The van der Waals surface area contributed by atoms with Crippen LogP contribution in [-0.2, 0) is 12.8 Å². The van der Waals surface area contributed by atoms with E-state index >= 15 is 0 Å². The van der Waals surface area contributed by atoms with Crippen LogP contribution in [0.4, 0.5) is 0 Å². The van der Waals surface area contributed by atoms with Crippen LogP contribution in [0.3, 0.4) is 0 Å². The number of hydrogen-bond donors (Lipinski definition) is 0. The van der Waals surface area contributed by atoms with E-state index in [1.165, 1.54) is 72.2 Å². The number of nitrogens with zero attached hydrogens (tertiary/aromatic N) is 2. The summed E-state index contributed by atoms with van der Waals surface area (Å²) in [5.41, 5.74) is 7.01. The standard InChI is InChI=1S/C28H34N2S2/c1-3-5-7-9-11-21-17-19-31-27(21)25-15-13-24-23(29-25)14-16-26(30-24)28-22(18-20-32-28)12-10-8-6-4-2/h13-20H,3-12H2,1-2H3. The van der Waals surface area contributed by atoms with E-state index in [-0.39, 0.29) is 0 Å². The van der Waals surface area contributed by atoms with Crippen molar-refractivity contribution in [2.24, 2.45) is 0 Å². The van der Waals surface area contributed by atoms with Gasteiger partial charge in [-0.05, 0) is 84.0 Å². The molecule has 0 N–H and O–H groups in total. The molecule has 4 heterocycles. The summed E-state index contributed by atoms with van der Waals surface area (Å²) in [7, 11) is 0. The molecule has 0 fully saturated rings. The van der Waals surface area contributed by atoms with Crippen molar-refractivity contribution in [2.75, 3.05) is 0 Å². The van der Waals surface area contributed by atoms with Crippen molar-refractivity contribution in [3.05, 3.63) is 58.3 Å². The first-order valence-corrected chi connectivity index (χ1v) is 14.0. The lowest BCUT2D eigenvalue weighted by Gasteiger charge is -2.07. The van der Waals surface area contributed by atoms with Gasteiger partial charge >= 0.3 is 0 Å². The van der Waals surface area contributed by atoms with Gasteiger partial charge in [0.15, 0.2) is 0 Å². The average molecular weight is 463 g/mol. The molecule has 32 heavy (non-hydrogen) atoms. The monoisotopic (exact) mass is 462 g/mol. The average Bonchev–Trinajstić information content (AvgIpc) is 3.48. The Bertz CT molecular complexity index is 1040. The van der Waals surface area contributed by atoms with Crippen LogP contribution in [0.5, 0.6) is 0 Å². The molecule has 0 aliphatic heterocycles. The van der Waals surface area contributed by atoms with Gasteiger partial charge in [0.1, 0.15) is 0 Å². The van der Waals surface area contributed by atoms with Crippen LogP contribution in [0.15, 0.2) is 47.2 Å². The quantitative estimate of drug-likeness (QED) is 0.196. The van der Waals surface area contributed by atoms with Gasteiger partial charge in [-0.1, -0.05) is 52.4 Å². The lowest BCUT2D eigenvalue weighted by molar-refractivity contribution is 0.668. The molecular formula is C28H34N2S2. The topological polar surface area (TPSA) is 25.8 Å². The number of unbranched alkanes of at least 4 members (excludes halogenated alkanes) is 6. The van der Waals surface area contributed by atoms with Gasteiger partial charge in [0, 0.05) is 0 Å². The molecule has 4 aromatic heterocycles. The van der Waals surface area contributed by atoms with Crippen molar-refractivity contribution in [1.82, 2.24) is 9.97 Å². The van der Waals surface area contributed by atoms with Gasteiger partial charge in [-0.2, -0.15) is 0 Å². The summed E-state index contributed by atoms with van der Waals surface area (Å²) in [5.74, 6) is 0. The first kappa shape index (κ1) is 23.1. The highest BCUT2D eigenvalue weighted by atomic mass is 32.1. The molecule has 4 rings (SSSR count). The van der Waals surface area contributed by atoms with Gasteiger partial charge in [0.25, 0.3) is 0 Å². The van der Waals surface area contributed by atoms with Crippen molar-refractivity contribution in [3.63, 3.8) is 0 Å². The Morgan fingerprint density at radius 1 is 0.562 bits per heavy atom. The Balaban J connectivity index is 1.52. The number of aryl methyl sites for hydroxylation is 2. The number of pyridine rings is 2. The highest BCUT2D eigenvalue weighted by Gasteiger charge is 2.12. The fourth-order valence-electron chi connectivity index (χ4n) is 4.26. The van der Waals surface area contributed by atoms with Gasteiger partial charge < -0.3 is 0 Å². The highest BCUT2D eigenvalue weighted by molar-refractivity contribution is 7.14. The molecule has 0 amide bonds. The zero-order valence-corrected chi connectivity index (χ0v) is 21.0. The Hall–Kier alpha value is -2.04. The minimum Gasteiger partial charge on any atom is -0.245 e. The summed E-state index contributed by atoms with van der Waals surface area (Å²) in [5, 5.41) is 4.41. The molecule has 0 aromatic carbocycles. The number of rotatable bonds is 12. The second-order valence-corrected chi connectivity index (χ2v) is 10.4. The lowest BCUT2D eigenvalue weighted by Crippen LogP contribution is -1.92. The number of aromatic nitrogens is 2. The maximum atomic E-state index is 4.99.